The van der Waals surface area contributed by atoms with Crippen molar-refractivity contribution in [2.24, 2.45) is 5.41 Å². The first-order valence-electron chi connectivity index (χ1n) is 11.8. The molecule has 214 valence electrons. The van der Waals surface area contributed by atoms with Crippen LogP contribution in [0.15, 0.2) is 67.2 Å². The summed E-state index contributed by atoms with van der Waals surface area (Å²) in [4.78, 5) is 72.6. The minimum absolute atomic E-state index is 0.0415. The number of carbonyl (C=O) groups excluding carboxylic acids is 3. The third kappa shape index (κ3) is 9.31. The van der Waals surface area contributed by atoms with E-state index >= 15 is 0 Å². The number of rotatable bonds is 11. The molecule has 14 heteroatoms. The molecule has 3 aromatic rings. The van der Waals surface area contributed by atoms with Gasteiger partial charge in [0.15, 0.2) is 5.75 Å². The van der Waals surface area contributed by atoms with Crippen LogP contribution in [-0.2, 0) is 14.4 Å². The Kier molecular flexibility index (Phi) is 9.53. The quantitative estimate of drug-likeness (QED) is 0.142. The molecule has 0 saturated carbocycles. The topological polar surface area (TPSA) is 167 Å². The van der Waals surface area contributed by atoms with Gasteiger partial charge in [-0.1, -0.05) is 13.2 Å². The summed E-state index contributed by atoms with van der Waals surface area (Å²) in [5.41, 5.74) is -0.482. The Hall–Kier alpha value is -5.53. The minimum Gasteiger partial charge on any atom is -0.423 e. The van der Waals surface area contributed by atoms with Gasteiger partial charge < -0.3 is 14.2 Å². The average molecular weight is 567 g/mol. The lowest BCUT2D eigenvalue weighted by atomic mass is 9.97. The maximum absolute atomic E-state index is 12.4. The van der Waals surface area contributed by atoms with Crippen molar-refractivity contribution >= 4 is 17.9 Å². The summed E-state index contributed by atoms with van der Waals surface area (Å²) in [6.07, 6.45) is 2.40. The molecule has 3 heterocycles. The zero-order valence-corrected chi connectivity index (χ0v) is 22.8. The van der Waals surface area contributed by atoms with E-state index < -0.39 is 23.3 Å². The smallest absolute Gasteiger partial charge is 0.339 e. The lowest BCUT2D eigenvalue weighted by Gasteiger charge is -2.16. The third-order valence-electron chi connectivity index (χ3n) is 4.43. The van der Waals surface area contributed by atoms with Gasteiger partial charge in [0, 0.05) is 29.5 Å². The molecule has 0 saturated heterocycles. The number of aromatic nitrogens is 4. The Morgan fingerprint density at radius 1 is 0.659 bits per heavy atom. The van der Waals surface area contributed by atoms with Crippen LogP contribution in [0.3, 0.4) is 0 Å². The van der Waals surface area contributed by atoms with Crippen LogP contribution in [0, 0.1) is 5.41 Å². The molecule has 0 aliphatic rings. The van der Waals surface area contributed by atoms with Gasteiger partial charge in [0.1, 0.15) is 12.1 Å². The largest absolute Gasteiger partial charge is 0.423 e. The maximum Gasteiger partial charge on any atom is 0.339 e. The highest BCUT2D eigenvalue weighted by molar-refractivity contribution is 5.89. The van der Waals surface area contributed by atoms with Crippen LogP contribution in [0.25, 0.3) is 0 Å². The van der Waals surface area contributed by atoms with Gasteiger partial charge in [-0.2, -0.15) is 9.97 Å². The predicted molar refractivity (Wildman–Crippen MR) is 139 cm³/mol. The SMILES string of the molecule is C=C(C)C(=O)Oc1ccnc(OOc2cc(OOc3cc(OC(=O)C(=C)C)ncn3)nc(OC(=O)C(C)(C)C)c2)c1. The molecule has 0 amide bonds. The lowest BCUT2D eigenvalue weighted by Crippen LogP contribution is -2.26. The Bertz CT molecular complexity index is 1390. The number of hydrogen-bond acceptors (Lipinski definition) is 14. The summed E-state index contributed by atoms with van der Waals surface area (Å²) in [6.45, 7) is 15.0. The molecule has 0 bridgehead atoms. The minimum atomic E-state index is -0.850. The van der Waals surface area contributed by atoms with Crippen LogP contribution in [0.2, 0.25) is 0 Å². The van der Waals surface area contributed by atoms with Crippen LogP contribution in [0.1, 0.15) is 34.6 Å². The van der Waals surface area contributed by atoms with Crippen molar-refractivity contribution in [3.05, 3.63) is 67.2 Å². The van der Waals surface area contributed by atoms with E-state index in [1.807, 2.05) is 0 Å². The number of nitrogens with zero attached hydrogens (tertiary/aromatic N) is 4. The van der Waals surface area contributed by atoms with E-state index in [2.05, 4.69) is 33.1 Å². The molecule has 0 atom stereocenters. The van der Waals surface area contributed by atoms with Crippen molar-refractivity contribution in [3.8, 4) is 40.9 Å². The van der Waals surface area contributed by atoms with Gasteiger partial charge >= 0.3 is 17.9 Å². The van der Waals surface area contributed by atoms with Crippen LogP contribution < -0.4 is 33.8 Å². The zero-order chi connectivity index (χ0) is 30.2. The number of pyridine rings is 2. The highest BCUT2D eigenvalue weighted by Gasteiger charge is 2.25. The van der Waals surface area contributed by atoms with Crippen molar-refractivity contribution in [3.63, 3.8) is 0 Å². The highest BCUT2D eigenvalue weighted by atomic mass is 17.2. The Balaban J connectivity index is 1.78. The predicted octanol–water partition coefficient (Wildman–Crippen LogP) is 3.93. The van der Waals surface area contributed by atoms with E-state index in [1.54, 1.807) is 20.8 Å². The molecule has 0 aliphatic heterocycles. The molecule has 0 radical (unpaired) electrons. The van der Waals surface area contributed by atoms with E-state index in [9.17, 15) is 14.4 Å². The van der Waals surface area contributed by atoms with Crippen LogP contribution in [-0.4, -0.2) is 37.8 Å². The maximum atomic E-state index is 12.4. The summed E-state index contributed by atoms with van der Waals surface area (Å²) in [5, 5.41) is 0. The van der Waals surface area contributed by atoms with Crippen LogP contribution >= 0.6 is 0 Å². The molecule has 0 aromatic carbocycles. The van der Waals surface area contributed by atoms with Gasteiger partial charge in [0.25, 0.3) is 17.6 Å². The van der Waals surface area contributed by atoms with Gasteiger partial charge in [-0.3, -0.25) is 24.3 Å². The van der Waals surface area contributed by atoms with Gasteiger partial charge in [-0.25, -0.2) is 19.6 Å². The fourth-order valence-electron chi connectivity index (χ4n) is 2.33. The molecule has 0 unspecified atom stereocenters. The Morgan fingerprint density at radius 3 is 1.90 bits per heavy atom. The van der Waals surface area contributed by atoms with E-state index in [1.165, 1.54) is 50.4 Å². The molecule has 0 spiro atoms. The summed E-state index contributed by atoms with van der Waals surface area (Å²) in [7, 11) is 0. The molecule has 0 N–H and O–H groups in total. The van der Waals surface area contributed by atoms with E-state index in [4.69, 9.17) is 33.8 Å². The van der Waals surface area contributed by atoms with E-state index in [0.29, 0.717) is 0 Å². The standard InChI is InChI=1S/C27H26N4O10/c1-15(2)24(32)35-17-8-9-28-20(10-17)39-38-18-11-22(37-26(34)27(5,6)7)31-23(12-18)41-40-21-13-19(29-14-30-21)36-25(33)16(3)4/h8-14H,1,3H2,2,4-7H3. The first-order valence-corrected chi connectivity index (χ1v) is 11.8. The Morgan fingerprint density at radius 2 is 1.22 bits per heavy atom. The molecule has 3 aromatic heterocycles. The lowest BCUT2D eigenvalue weighted by molar-refractivity contribution is -0.143. The second-order valence-electron chi connectivity index (χ2n) is 9.32. The third-order valence-corrected chi connectivity index (χ3v) is 4.43. The summed E-state index contributed by atoms with van der Waals surface area (Å²) in [5.74, 6) is -2.60. The molecule has 0 fully saturated rings. The highest BCUT2D eigenvalue weighted by Crippen LogP contribution is 2.28. The van der Waals surface area contributed by atoms with Gasteiger partial charge in [-0.15, -0.1) is 0 Å². The molecule has 0 aliphatic carbocycles. The van der Waals surface area contributed by atoms with E-state index in [-0.39, 0.29) is 52.0 Å². The molecular formula is C27H26N4O10. The molecule has 14 nitrogen and oxygen atoms in total. The first kappa shape index (κ1) is 30.0. The normalized spacial score (nSPS) is 10.6. The second-order valence-corrected chi connectivity index (χ2v) is 9.32. The van der Waals surface area contributed by atoms with Crippen LogP contribution in [0.4, 0.5) is 0 Å². The Labute approximate surface area is 234 Å². The number of ether oxygens (including phenoxy) is 3. The van der Waals surface area contributed by atoms with Crippen LogP contribution in [0.5, 0.6) is 40.9 Å². The van der Waals surface area contributed by atoms with Gasteiger partial charge in [-0.05, 0) is 40.7 Å². The molecule has 41 heavy (non-hydrogen) atoms. The first-order chi connectivity index (χ1) is 19.3. The second kappa shape index (κ2) is 13.0. The van der Waals surface area contributed by atoms with Gasteiger partial charge in [0.05, 0.1) is 17.5 Å². The summed E-state index contributed by atoms with van der Waals surface area (Å²) in [6, 6.07) is 6.41. The number of carbonyl (C=O) groups is 3. The van der Waals surface area contributed by atoms with E-state index in [0.717, 1.165) is 6.33 Å². The van der Waals surface area contributed by atoms with Crippen molar-refractivity contribution < 1.29 is 48.1 Å². The summed E-state index contributed by atoms with van der Waals surface area (Å²) >= 11 is 0. The van der Waals surface area contributed by atoms with Crippen molar-refractivity contribution in [1.82, 2.24) is 19.9 Å². The number of esters is 3. The summed E-state index contributed by atoms with van der Waals surface area (Å²) < 4.78 is 15.5. The van der Waals surface area contributed by atoms with Crippen molar-refractivity contribution in [2.75, 3.05) is 0 Å². The molecule has 3 rings (SSSR count). The average Bonchev–Trinajstić information content (AvgIpc) is 2.90. The zero-order valence-electron chi connectivity index (χ0n) is 22.8. The van der Waals surface area contributed by atoms with Crippen molar-refractivity contribution in [1.29, 1.82) is 0 Å². The fourth-order valence-corrected chi connectivity index (χ4v) is 2.33. The van der Waals surface area contributed by atoms with Gasteiger partial charge in [0.2, 0.25) is 11.8 Å². The van der Waals surface area contributed by atoms with Crippen molar-refractivity contribution in [2.45, 2.75) is 34.6 Å². The monoisotopic (exact) mass is 566 g/mol. The fraction of sp³-hybridized carbons (Fsp3) is 0.222. The molecular weight excluding hydrogens is 540 g/mol. The number of hydrogen-bond donors (Lipinski definition) is 0.